The van der Waals surface area contributed by atoms with Gasteiger partial charge in [0.05, 0.1) is 0 Å². The predicted octanol–water partition coefficient (Wildman–Crippen LogP) is 3.07. The molecule has 7 heteroatoms. The predicted molar refractivity (Wildman–Crippen MR) is 114 cm³/mol. The van der Waals surface area contributed by atoms with Gasteiger partial charge in [-0.25, -0.2) is 4.39 Å². The Kier molecular flexibility index (Phi) is 6.51. The van der Waals surface area contributed by atoms with Gasteiger partial charge in [0.25, 0.3) is 5.91 Å². The Balaban J connectivity index is 1.89. The third-order valence-corrected chi connectivity index (χ3v) is 5.00. The van der Waals surface area contributed by atoms with Crippen molar-refractivity contribution in [2.75, 3.05) is 18.4 Å². The number of anilines is 1. The smallest absolute Gasteiger partial charge is 0.273 e. The summed E-state index contributed by atoms with van der Waals surface area (Å²) in [6, 6.07) is 9.17. The Bertz CT molecular complexity index is 912. The summed E-state index contributed by atoms with van der Waals surface area (Å²) in [7, 11) is 0. The number of likely N-dealkylation sites (tertiary alicyclic amines) is 1. The van der Waals surface area contributed by atoms with Crippen LogP contribution in [0.2, 0.25) is 0 Å². The molecule has 1 fully saturated rings. The number of halogens is 1. The molecule has 1 saturated heterocycles. The maximum Gasteiger partial charge on any atom is 0.273 e. The fourth-order valence-corrected chi connectivity index (χ4v) is 3.38. The van der Waals surface area contributed by atoms with E-state index in [4.69, 9.17) is 11.1 Å². The number of nitrogens with zero attached hydrogens (tertiary/aromatic N) is 2. The number of nitrogens with two attached hydrogens (primary N) is 1. The quantitative estimate of drug-likeness (QED) is 0.655. The first-order valence-corrected chi connectivity index (χ1v) is 9.57. The molecule has 0 unspecified atom stereocenters. The average Bonchev–Trinajstić information content (AvgIpc) is 2.70. The van der Waals surface area contributed by atoms with E-state index in [1.807, 2.05) is 37.3 Å². The second-order valence-corrected chi connectivity index (χ2v) is 7.38. The SMILES string of the molecule is C=CC(=N)C(=O)Nc1cc(CN2CC[C@@H](F)[C@H](N)C2)cc(-c2ccc(C)nc2)c1. The van der Waals surface area contributed by atoms with E-state index < -0.39 is 18.1 Å². The number of carbonyl (C=O) groups excluding carboxylic acids is 1. The molecule has 2 heterocycles. The zero-order valence-electron chi connectivity index (χ0n) is 16.5. The number of pyridine rings is 1. The summed E-state index contributed by atoms with van der Waals surface area (Å²) in [6.07, 6.45) is 2.45. The van der Waals surface area contributed by atoms with Crippen LogP contribution in [0.3, 0.4) is 0 Å². The van der Waals surface area contributed by atoms with E-state index >= 15 is 0 Å². The van der Waals surface area contributed by atoms with Crippen molar-refractivity contribution in [1.29, 1.82) is 5.41 Å². The molecule has 29 heavy (non-hydrogen) atoms. The van der Waals surface area contributed by atoms with Crippen LogP contribution in [-0.2, 0) is 11.3 Å². The number of nitrogens with one attached hydrogen (secondary N) is 2. The van der Waals surface area contributed by atoms with E-state index in [9.17, 15) is 9.18 Å². The Morgan fingerprint density at radius 1 is 1.41 bits per heavy atom. The van der Waals surface area contributed by atoms with Crippen molar-refractivity contribution >= 4 is 17.3 Å². The fourth-order valence-electron chi connectivity index (χ4n) is 3.38. The molecule has 0 spiro atoms. The highest BCUT2D eigenvalue weighted by atomic mass is 19.1. The second-order valence-electron chi connectivity index (χ2n) is 7.38. The van der Waals surface area contributed by atoms with Crippen LogP contribution in [-0.4, -0.2) is 46.8 Å². The van der Waals surface area contributed by atoms with Gasteiger partial charge in [0.2, 0.25) is 0 Å². The fraction of sp³-hybridized carbons (Fsp3) is 0.318. The highest BCUT2D eigenvalue weighted by molar-refractivity contribution is 6.45. The van der Waals surface area contributed by atoms with Crippen LogP contribution < -0.4 is 11.1 Å². The average molecular weight is 395 g/mol. The van der Waals surface area contributed by atoms with Crippen LogP contribution >= 0.6 is 0 Å². The molecule has 0 saturated carbocycles. The third-order valence-electron chi connectivity index (χ3n) is 5.00. The Morgan fingerprint density at radius 2 is 2.21 bits per heavy atom. The molecule has 6 nitrogen and oxygen atoms in total. The number of carbonyl (C=O) groups is 1. The summed E-state index contributed by atoms with van der Waals surface area (Å²) < 4.78 is 13.7. The number of hydrogen-bond donors (Lipinski definition) is 3. The van der Waals surface area contributed by atoms with Crippen molar-refractivity contribution in [1.82, 2.24) is 9.88 Å². The molecule has 1 amide bonds. The summed E-state index contributed by atoms with van der Waals surface area (Å²) >= 11 is 0. The molecule has 152 valence electrons. The number of aryl methyl sites for hydroxylation is 1. The minimum Gasteiger partial charge on any atom is -0.324 e. The van der Waals surface area contributed by atoms with Gasteiger partial charge >= 0.3 is 0 Å². The summed E-state index contributed by atoms with van der Waals surface area (Å²) in [5.41, 5.74) is 9.97. The standard InChI is InChI=1S/C22H26FN5O/c1-3-20(24)22(29)27-18-9-15(12-28-7-6-19(23)21(25)13-28)8-17(10-18)16-5-4-14(2)26-11-16/h3-5,8-11,19,21,24H,1,6-7,12-13,25H2,2H3,(H,27,29)/t19-,21-/m1/s1. The summed E-state index contributed by atoms with van der Waals surface area (Å²) in [5.74, 6) is -0.523. The van der Waals surface area contributed by atoms with Gasteiger partial charge in [-0.1, -0.05) is 12.6 Å². The van der Waals surface area contributed by atoms with Gasteiger partial charge in [-0.3, -0.25) is 20.1 Å². The topological polar surface area (TPSA) is 95.1 Å². The first kappa shape index (κ1) is 20.8. The van der Waals surface area contributed by atoms with Crippen LogP contribution in [0.1, 0.15) is 17.7 Å². The van der Waals surface area contributed by atoms with Gasteiger partial charge in [-0.2, -0.15) is 0 Å². The van der Waals surface area contributed by atoms with Crippen LogP contribution in [0.15, 0.2) is 49.2 Å². The lowest BCUT2D eigenvalue weighted by molar-refractivity contribution is -0.110. The Hall–Kier alpha value is -2.90. The highest BCUT2D eigenvalue weighted by Crippen LogP contribution is 2.26. The van der Waals surface area contributed by atoms with Crippen molar-refractivity contribution in [2.45, 2.75) is 32.1 Å². The van der Waals surface area contributed by atoms with Crippen molar-refractivity contribution in [3.63, 3.8) is 0 Å². The van der Waals surface area contributed by atoms with Crippen molar-refractivity contribution in [2.24, 2.45) is 5.73 Å². The van der Waals surface area contributed by atoms with Crippen molar-refractivity contribution in [3.05, 3.63) is 60.4 Å². The molecular formula is C22H26FN5O. The Labute approximate surface area is 170 Å². The van der Waals surface area contributed by atoms with Gasteiger partial charge in [0.1, 0.15) is 11.9 Å². The summed E-state index contributed by atoms with van der Waals surface area (Å²) in [4.78, 5) is 18.6. The minimum absolute atomic E-state index is 0.204. The maximum atomic E-state index is 13.7. The molecule has 1 aromatic carbocycles. The van der Waals surface area contributed by atoms with Gasteiger partial charge in [0, 0.05) is 48.8 Å². The van der Waals surface area contributed by atoms with Gasteiger partial charge in [-0.15, -0.1) is 0 Å². The molecule has 1 aromatic heterocycles. The monoisotopic (exact) mass is 395 g/mol. The lowest BCUT2D eigenvalue weighted by Crippen LogP contribution is -2.49. The third kappa shape index (κ3) is 5.34. The molecule has 4 N–H and O–H groups in total. The van der Waals surface area contributed by atoms with E-state index in [2.05, 4.69) is 21.8 Å². The molecule has 0 radical (unpaired) electrons. The highest BCUT2D eigenvalue weighted by Gasteiger charge is 2.26. The number of rotatable bonds is 6. The number of amides is 1. The number of piperidine rings is 1. The van der Waals surface area contributed by atoms with E-state index in [1.54, 1.807) is 6.20 Å². The first-order chi connectivity index (χ1) is 13.9. The molecular weight excluding hydrogens is 369 g/mol. The lowest BCUT2D eigenvalue weighted by Gasteiger charge is -2.33. The van der Waals surface area contributed by atoms with Crippen molar-refractivity contribution < 1.29 is 9.18 Å². The molecule has 1 aliphatic heterocycles. The number of alkyl halides is 1. The molecule has 2 atom stereocenters. The van der Waals surface area contributed by atoms with Crippen LogP contribution in [0.5, 0.6) is 0 Å². The van der Waals surface area contributed by atoms with Gasteiger partial charge in [-0.05, 0) is 54.8 Å². The lowest BCUT2D eigenvalue weighted by atomic mass is 10.0. The first-order valence-electron chi connectivity index (χ1n) is 9.57. The van der Waals surface area contributed by atoms with Crippen LogP contribution in [0.4, 0.5) is 10.1 Å². The van der Waals surface area contributed by atoms with E-state index in [0.29, 0.717) is 31.7 Å². The zero-order chi connectivity index (χ0) is 21.0. The Morgan fingerprint density at radius 3 is 2.86 bits per heavy atom. The molecule has 3 rings (SSSR count). The summed E-state index contributed by atoms with van der Waals surface area (Å²) in [5, 5.41) is 10.4. The van der Waals surface area contributed by atoms with Crippen LogP contribution in [0, 0.1) is 12.3 Å². The number of aromatic nitrogens is 1. The van der Waals surface area contributed by atoms with Gasteiger partial charge < -0.3 is 11.1 Å². The number of hydrogen-bond acceptors (Lipinski definition) is 5. The van der Waals surface area contributed by atoms with Gasteiger partial charge in [0.15, 0.2) is 0 Å². The number of benzene rings is 1. The molecule has 1 aliphatic rings. The maximum absolute atomic E-state index is 13.7. The molecule has 0 bridgehead atoms. The van der Waals surface area contributed by atoms with E-state index in [-0.39, 0.29) is 5.71 Å². The van der Waals surface area contributed by atoms with E-state index in [0.717, 1.165) is 22.4 Å². The zero-order valence-corrected chi connectivity index (χ0v) is 16.5. The minimum atomic E-state index is -0.962. The molecule has 2 aromatic rings. The van der Waals surface area contributed by atoms with Crippen molar-refractivity contribution in [3.8, 4) is 11.1 Å². The molecule has 0 aliphatic carbocycles. The largest absolute Gasteiger partial charge is 0.324 e. The summed E-state index contributed by atoms with van der Waals surface area (Å²) in [6.45, 7) is 7.09. The van der Waals surface area contributed by atoms with Crippen LogP contribution in [0.25, 0.3) is 11.1 Å². The second kappa shape index (κ2) is 9.07. The normalized spacial score (nSPS) is 19.6. The van der Waals surface area contributed by atoms with E-state index in [1.165, 1.54) is 6.08 Å².